The van der Waals surface area contributed by atoms with Crippen LogP contribution in [0.25, 0.3) is 6.08 Å². The standard InChI is InChI=1S/C15H15NO4S2/c17-15(6-5-13-4-2-8-21-13)16-9-14(10-16)22(18,19)11-12-3-1-7-20-12/h1-8,14H,9-11H2/b6-5+. The molecule has 1 aliphatic heterocycles. The zero-order chi connectivity index (χ0) is 15.6. The number of nitrogens with zero attached hydrogens (tertiary/aromatic N) is 1. The zero-order valence-electron chi connectivity index (χ0n) is 11.7. The first kappa shape index (κ1) is 15.1. The average molecular weight is 337 g/mol. The first-order valence-corrected chi connectivity index (χ1v) is 9.38. The molecule has 2 aromatic rings. The van der Waals surface area contributed by atoms with Gasteiger partial charge in [0, 0.05) is 24.0 Å². The highest BCUT2D eigenvalue weighted by Gasteiger charge is 2.39. The third-order valence-electron chi connectivity index (χ3n) is 3.52. The molecule has 0 bridgehead atoms. The Morgan fingerprint density at radius 3 is 2.82 bits per heavy atom. The molecule has 3 heterocycles. The molecule has 1 fully saturated rings. The van der Waals surface area contributed by atoms with E-state index in [1.165, 1.54) is 17.2 Å². The summed E-state index contributed by atoms with van der Waals surface area (Å²) in [5.41, 5.74) is 0. The number of hydrogen-bond donors (Lipinski definition) is 0. The molecule has 0 aliphatic carbocycles. The lowest BCUT2D eigenvalue weighted by Crippen LogP contribution is -2.56. The fourth-order valence-corrected chi connectivity index (χ4v) is 4.43. The summed E-state index contributed by atoms with van der Waals surface area (Å²) in [6, 6.07) is 7.14. The van der Waals surface area contributed by atoms with E-state index in [4.69, 9.17) is 4.42 Å². The van der Waals surface area contributed by atoms with Gasteiger partial charge in [0.15, 0.2) is 9.84 Å². The van der Waals surface area contributed by atoms with Crippen molar-refractivity contribution < 1.29 is 17.6 Å². The van der Waals surface area contributed by atoms with Gasteiger partial charge in [-0.15, -0.1) is 11.3 Å². The first-order valence-electron chi connectivity index (χ1n) is 6.79. The van der Waals surface area contributed by atoms with Gasteiger partial charge in [-0.1, -0.05) is 6.07 Å². The van der Waals surface area contributed by atoms with Crippen LogP contribution < -0.4 is 0 Å². The molecule has 0 unspecified atom stereocenters. The first-order chi connectivity index (χ1) is 10.5. The number of rotatable bonds is 5. The summed E-state index contributed by atoms with van der Waals surface area (Å²) >= 11 is 1.55. The predicted octanol–water partition coefficient (Wildman–Crippen LogP) is 2.18. The summed E-state index contributed by atoms with van der Waals surface area (Å²) in [7, 11) is -3.28. The summed E-state index contributed by atoms with van der Waals surface area (Å²) in [6.45, 7) is 0.493. The van der Waals surface area contributed by atoms with Crippen molar-refractivity contribution in [2.75, 3.05) is 13.1 Å². The predicted molar refractivity (Wildman–Crippen MR) is 85.1 cm³/mol. The highest BCUT2D eigenvalue weighted by molar-refractivity contribution is 7.91. The second kappa shape index (κ2) is 6.10. The van der Waals surface area contributed by atoms with Crippen LogP contribution in [0.3, 0.4) is 0 Å². The quantitative estimate of drug-likeness (QED) is 0.784. The topological polar surface area (TPSA) is 67.6 Å². The van der Waals surface area contributed by atoms with Gasteiger partial charge in [0.2, 0.25) is 5.91 Å². The lowest BCUT2D eigenvalue weighted by Gasteiger charge is -2.37. The average Bonchev–Trinajstić information content (AvgIpc) is 3.06. The van der Waals surface area contributed by atoms with Gasteiger partial charge in [0.1, 0.15) is 11.5 Å². The molecule has 1 amide bonds. The monoisotopic (exact) mass is 337 g/mol. The maximum Gasteiger partial charge on any atom is 0.246 e. The third kappa shape index (κ3) is 3.31. The normalized spacial score (nSPS) is 16.1. The molecule has 1 saturated heterocycles. The molecule has 0 radical (unpaired) electrons. The number of amides is 1. The third-order valence-corrected chi connectivity index (χ3v) is 6.36. The number of furan rings is 1. The molecule has 7 heteroatoms. The van der Waals surface area contributed by atoms with Crippen molar-refractivity contribution in [3.05, 3.63) is 52.6 Å². The van der Waals surface area contributed by atoms with Gasteiger partial charge in [-0.3, -0.25) is 4.79 Å². The van der Waals surface area contributed by atoms with E-state index in [9.17, 15) is 13.2 Å². The van der Waals surface area contributed by atoms with E-state index in [1.807, 2.05) is 17.5 Å². The number of sulfone groups is 1. The molecule has 0 saturated carbocycles. The van der Waals surface area contributed by atoms with Crippen LogP contribution in [0, 0.1) is 0 Å². The van der Waals surface area contributed by atoms with Crippen LogP contribution in [0.4, 0.5) is 0 Å². The molecule has 2 aromatic heterocycles. The lowest BCUT2D eigenvalue weighted by atomic mass is 10.2. The molecule has 0 spiro atoms. The minimum absolute atomic E-state index is 0.113. The van der Waals surface area contributed by atoms with Crippen LogP contribution in [0.15, 0.2) is 46.4 Å². The number of hydrogen-bond acceptors (Lipinski definition) is 5. The summed E-state index contributed by atoms with van der Waals surface area (Å²) in [5, 5.41) is 1.43. The molecule has 0 N–H and O–H groups in total. The van der Waals surface area contributed by atoms with E-state index < -0.39 is 15.1 Å². The van der Waals surface area contributed by atoms with Crippen molar-refractivity contribution in [1.82, 2.24) is 4.90 Å². The number of likely N-dealkylation sites (tertiary alicyclic amines) is 1. The molecule has 1 aliphatic rings. The molecule has 116 valence electrons. The van der Waals surface area contributed by atoms with Crippen LogP contribution in [-0.2, 0) is 20.4 Å². The second-order valence-corrected chi connectivity index (χ2v) is 8.36. The molecule has 22 heavy (non-hydrogen) atoms. The summed E-state index contributed by atoms with van der Waals surface area (Å²) in [5.74, 6) is 0.165. The van der Waals surface area contributed by atoms with E-state index >= 15 is 0 Å². The molecule has 0 atom stereocenters. The Kier molecular flexibility index (Phi) is 4.17. The van der Waals surface area contributed by atoms with Crippen molar-refractivity contribution in [1.29, 1.82) is 0 Å². The second-order valence-electron chi connectivity index (χ2n) is 5.10. The molecular weight excluding hydrogens is 322 g/mol. The Hall–Kier alpha value is -1.86. The van der Waals surface area contributed by atoms with Crippen LogP contribution in [0.1, 0.15) is 10.6 Å². The Bertz CT molecular complexity index is 755. The largest absolute Gasteiger partial charge is 0.468 e. The van der Waals surface area contributed by atoms with Crippen molar-refractivity contribution in [3.63, 3.8) is 0 Å². The smallest absolute Gasteiger partial charge is 0.246 e. The maximum atomic E-state index is 12.2. The zero-order valence-corrected chi connectivity index (χ0v) is 13.3. The van der Waals surface area contributed by atoms with Crippen LogP contribution in [0.2, 0.25) is 0 Å². The Balaban J connectivity index is 1.54. The molecule has 5 nitrogen and oxygen atoms in total. The van der Waals surface area contributed by atoms with Gasteiger partial charge < -0.3 is 9.32 Å². The van der Waals surface area contributed by atoms with Crippen molar-refractivity contribution >= 4 is 33.2 Å². The van der Waals surface area contributed by atoms with Gasteiger partial charge in [0.05, 0.1) is 11.5 Å². The SMILES string of the molecule is O=C(/C=C/c1cccs1)N1CC(S(=O)(=O)Cc2ccco2)C1. The van der Waals surface area contributed by atoms with Gasteiger partial charge in [-0.05, 0) is 29.7 Å². The number of carbonyl (C=O) groups excluding carboxylic acids is 1. The van der Waals surface area contributed by atoms with Gasteiger partial charge >= 0.3 is 0 Å². The minimum atomic E-state index is -3.28. The Morgan fingerprint density at radius 2 is 2.18 bits per heavy atom. The molecule has 0 aromatic carbocycles. The van der Waals surface area contributed by atoms with Crippen LogP contribution in [0.5, 0.6) is 0 Å². The summed E-state index contributed by atoms with van der Waals surface area (Å²) in [4.78, 5) is 14.5. The summed E-state index contributed by atoms with van der Waals surface area (Å²) < 4.78 is 29.4. The minimum Gasteiger partial charge on any atom is -0.468 e. The van der Waals surface area contributed by atoms with E-state index in [0.717, 1.165) is 4.88 Å². The molecular formula is C15H15NO4S2. The lowest BCUT2D eigenvalue weighted by molar-refractivity contribution is -0.128. The number of carbonyl (C=O) groups is 1. The van der Waals surface area contributed by atoms with E-state index in [0.29, 0.717) is 5.76 Å². The number of thiophene rings is 1. The van der Waals surface area contributed by atoms with Gasteiger partial charge in [-0.2, -0.15) is 0 Å². The Labute approximate surface area is 132 Å². The van der Waals surface area contributed by atoms with E-state index in [1.54, 1.807) is 29.5 Å². The van der Waals surface area contributed by atoms with Gasteiger partial charge in [-0.25, -0.2) is 8.42 Å². The fraction of sp³-hybridized carbons (Fsp3) is 0.267. The highest BCUT2D eigenvalue weighted by atomic mass is 32.2. The highest BCUT2D eigenvalue weighted by Crippen LogP contribution is 2.21. The van der Waals surface area contributed by atoms with Gasteiger partial charge in [0.25, 0.3) is 0 Å². The van der Waals surface area contributed by atoms with Crippen LogP contribution >= 0.6 is 11.3 Å². The van der Waals surface area contributed by atoms with Crippen molar-refractivity contribution in [2.24, 2.45) is 0 Å². The maximum absolute atomic E-state index is 12.2. The van der Waals surface area contributed by atoms with Crippen molar-refractivity contribution in [2.45, 2.75) is 11.0 Å². The molecule has 3 rings (SSSR count). The summed E-state index contributed by atoms with van der Waals surface area (Å²) in [6.07, 6.45) is 4.69. The van der Waals surface area contributed by atoms with E-state index in [-0.39, 0.29) is 24.7 Å². The van der Waals surface area contributed by atoms with E-state index in [2.05, 4.69) is 0 Å². The van der Waals surface area contributed by atoms with Crippen molar-refractivity contribution in [3.8, 4) is 0 Å². The van der Waals surface area contributed by atoms with Crippen LogP contribution in [-0.4, -0.2) is 37.6 Å². The fourth-order valence-electron chi connectivity index (χ4n) is 2.20. The Morgan fingerprint density at radius 1 is 1.36 bits per heavy atom.